The molecule has 31 heavy (non-hydrogen) atoms. The second kappa shape index (κ2) is 9.90. The Balaban J connectivity index is 0.00000341. The summed E-state index contributed by atoms with van der Waals surface area (Å²) in [6.07, 6.45) is 2.15. The lowest BCUT2D eigenvalue weighted by Crippen LogP contribution is -2.24. The number of nitrogens with zero attached hydrogens (tertiary/aromatic N) is 1. The van der Waals surface area contributed by atoms with Crippen LogP contribution in [-0.4, -0.2) is 42.9 Å². The molecule has 10 nitrogen and oxygen atoms in total. The number of Topliss-reactive ketones (excluding diaryl/α,β-unsaturated/α-hetero) is 1. The molecule has 0 saturated heterocycles. The van der Waals surface area contributed by atoms with Crippen LogP contribution in [0.4, 0.5) is 5.95 Å². The highest BCUT2D eigenvalue weighted by molar-refractivity contribution is 6.08. The second-order valence-electron chi connectivity index (χ2n) is 6.87. The predicted octanol–water partition coefficient (Wildman–Crippen LogP) is 1.79. The van der Waals surface area contributed by atoms with Crippen molar-refractivity contribution < 1.29 is 24.6 Å². The molecular weight excluding hydrogens is 428 g/mol. The number of carboxylic acids is 2. The zero-order chi connectivity index (χ0) is 21.8. The first-order valence-electron chi connectivity index (χ1n) is 9.19. The van der Waals surface area contributed by atoms with Crippen LogP contribution >= 0.6 is 12.4 Å². The number of nitrogens with one attached hydrogen (secondary N) is 2. The van der Waals surface area contributed by atoms with Gasteiger partial charge < -0.3 is 20.9 Å². The van der Waals surface area contributed by atoms with Gasteiger partial charge in [0.2, 0.25) is 5.95 Å². The van der Waals surface area contributed by atoms with Crippen molar-refractivity contribution in [2.75, 3.05) is 5.73 Å². The van der Waals surface area contributed by atoms with Gasteiger partial charge in [-0.25, -0.2) is 0 Å². The van der Waals surface area contributed by atoms with E-state index in [1.165, 1.54) is 12.1 Å². The maximum atomic E-state index is 12.4. The van der Waals surface area contributed by atoms with Crippen LogP contribution in [0.25, 0.3) is 11.0 Å². The van der Waals surface area contributed by atoms with Crippen molar-refractivity contribution in [3.8, 4) is 0 Å². The van der Waals surface area contributed by atoms with E-state index in [9.17, 15) is 24.3 Å². The minimum Gasteiger partial charge on any atom is -0.481 e. The first-order valence-corrected chi connectivity index (χ1v) is 9.19. The number of anilines is 1. The van der Waals surface area contributed by atoms with Gasteiger partial charge in [-0.2, -0.15) is 4.98 Å². The number of carboxylic acid groups (broad SMARTS) is 2. The number of nitrogens with two attached hydrogens (primary N) is 1. The third kappa shape index (κ3) is 5.48. The van der Waals surface area contributed by atoms with Crippen molar-refractivity contribution in [3.63, 3.8) is 0 Å². The van der Waals surface area contributed by atoms with Gasteiger partial charge in [-0.05, 0) is 30.4 Å². The third-order valence-electron chi connectivity index (χ3n) is 4.82. The van der Waals surface area contributed by atoms with Crippen molar-refractivity contribution in [2.24, 2.45) is 5.92 Å². The molecule has 0 aliphatic heterocycles. The molecule has 1 atom stereocenters. The van der Waals surface area contributed by atoms with Crippen LogP contribution < -0.4 is 11.3 Å². The zero-order valence-corrected chi connectivity index (χ0v) is 17.1. The van der Waals surface area contributed by atoms with E-state index in [4.69, 9.17) is 10.8 Å². The molecule has 0 spiro atoms. The first kappa shape index (κ1) is 23.6. The Morgan fingerprint density at radius 3 is 2.39 bits per heavy atom. The highest BCUT2D eigenvalue weighted by Crippen LogP contribution is 2.18. The Bertz CT molecular complexity index is 1170. The lowest BCUT2D eigenvalue weighted by molar-refractivity contribution is -0.141. The summed E-state index contributed by atoms with van der Waals surface area (Å²) < 4.78 is 0. The number of carbonyl (C=O) groups is 3. The van der Waals surface area contributed by atoms with E-state index < -0.39 is 30.1 Å². The van der Waals surface area contributed by atoms with Crippen molar-refractivity contribution in [1.29, 1.82) is 0 Å². The summed E-state index contributed by atoms with van der Waals surface area (Å²) in [6, 6.07) is 6.47. The van der Waals surface area contributed by atoms with E-state index >= 15 is 0 Å². The van der Waals surface area contributed by atoms with Crippen LogP contribution in [0.15, 0.2) is 35.3 Å². The summed E-state index contributed by atoms with van der Waals surface area (Å²) in [5.41, 5.74) is 7.49. The Hall–Kier alpha value is -3.66. The molecule has 3 aromatic rings. The molecule has 0 amide bonds. The number of H-pyrrole nitrogens is 2. The number of benzene rings is 1. The number of hydrogen-bond acceptors (Lipinski definition) is 6. The van der Waals surface area contributed by atoms with Crippen LogP contribution in [0.5, 0.6) is 0 Å². The molecule has 0 aliphatic carbocycles. The van der Waals surface area contributed by atoms with Crippen molar-refractivity contribution in [2.45, 2.75) is 25.7 Å². The quantitative estimate of drug-likeness (QED) is 0.242. The average molecular weight is 449 g/mol. The second-order valence-corrected chi connectivity index (χ2v) is 6.87. The molecule has 11 heteroatoms. The number of halogens is 1. The van der Waals surface area contributed by atoms with E-state index in [1.807, 2.05) is 0 Å². The summed E-state index contributed by atoms with van der Waals surface area (Å²) in [5.74, 6) is -4.49. The SMILES string of the molecule is Cl.Nc1nc2[nH]cc(CCc3ccc(C(=O)C(CCC(=O)O)C(=O)O)cc3)c2c(=O)[nH]1. The minimum absolute atomic E-state index is 0. The number of rotatable bonds is 9. The maximum Gasteiger partial charge on any atom is 0.314 e. The molecule has 0 aliphatic rings. The van der Waals surface area contributed by atoms with Crippen molar-refractivity contribution in [1.82, 2.24) is 15.0 Å². The molecule has 2 aromatic heterocycles. The lowest BCUT2D eigenvalue weighted by Gasteiger charge is -2.10. The number of aromatic nitrogens is 3. The van der Waals surface area contributed by atoms with E-state index in [1.54, 1.807) is 18.3 Å². The molecule has 1 unspecified atom stereocenters. The van der Waals surface area contributed by atoms with Gasteiger partial charge in [-0.3, -0.25) is 24.2 Å². The molecule has 0 radical (unpaired) electrons. The van der Waals surface area contributed by atoms with Crippen molar-refractivity contribution >= 4 is 47.1 Å². The number of aryl methyl sites for hydroxylation is 2. The molecule has 1 aromatic carbocycles. The number of ketones is 1. The molecule has 164 valence electrons. The molecule has 0 bridgehead atoms. The standard InChI is InChI=1S/C20H20N4O6.ClH/c21-20-23-17-15(18(28)24-20)12(9-22-17)6-3-10-1-4-11(5-2-10)16(27)13(19(29)30)7-8-14(25)26;/h1-2,4-5,9,13H,3,6-8H2,(H,25,26)(H,29,30)(H4,21,22,23,24,28);1H. The van der Waals surface area contributed by atoms with Crippen LogP contribution in [0, 0.1) is 5.92 Å². The van der Waals surface area contributed by atoms with Gasteiger partial charge in [-0.15, -0.1) is 12.4 Å². The summed E-state index contributed by atoms with van der Waals surface area (Å²) in [5, 5.41) is 18.4. The van der Waals surface area contributed by atoms with Gasteiger partial charge in [-0.1, -0.05) is 24.3 Å². The van der Waals surface area contributed by atoms with Crippen LogP contribution in [0.1, 0.15) is 34.3 Å². The topological polar surface area (TPSA) is 179 Å². The summed E-state index contributed by atoms with van der Waals surface area (Å²) in [4.78, 5) is 56.0. The highest BCUT2D eigenvalue weighted by atomic mass is 35.5. The molecule has 3 rings (SSSR count). The maximum absolute atomic E-state index is 12.4. The summed E-state index contributed by atoms with van der Waals surface area (Å²) >= 11 is 0. The molecule has 0 saturated carbocycles. The van der Waals surface area contributed by atoms with Gasteiger partial charge in [0.05, 0.1) is 5.39 Å². The number of aliphatic carboxylic acids is 2. The zero-order valence-electron chi connectivity index (χ0n) is 16.3. The van der Waals surface area contributed by atoms with Crippen molar-refractivity contribution in [3.05, 3.63) is 57.5 Å². The van der Waals surface area contributed by atoms with Crippen LogP contribution in [0.3, 0.4) is 0 Å². The van der Waals surface area contributed by atoms with E-state index in [2.05, 4.69) is 15.0 Å². The fourth-order valence-corrected chi connectivity index (χ4v) is 3.27. The fourth-order valence-electron chi connectivity index (χ4n) is 3.27. The first-order chi connectivity index (χ1) is 14.3. The molecule has 2 heterocycles. The van der Waals surface area contributed by atoms with E-state index in [0.29, 0.717) is 23.9 Å². The number of nitrogen functional groups attached to an aromatic ring is 1. The Labute approximate surface area is 181 Å². The normalized spacial score (nSPS) is 11.6. The van der Waals surface area contributed by atoms with Gasteiger partial charge in [0.1, 0.15) is 11.6 Å². The van der Waals surface area contributed by atoms with E-state index in [0.717, 1.165) is 11.1 Å². The monoisotopic (exact) mass is 448 g/mol. The van der Waals surface area contributed by atoms with Gasteiger partial charge in [0.25, 0.3) is 5.56 Å². The number of aromatic amines is 2. The van der Waals surface area contributed by atoms with E-state index in [-0.39, 0.29) is 35.9 Å². The van der Waals surface area contributed by atoms with Gasteiger partial charge in [0.15, 0.2) is 5.78 Å². The lowest BCUT2D eigenvalue weighted by atomic mass is 9.92. The van der Waals surface area contributed by atoms with Crippen LogP contribution in [-0.2, 0) is 22.4 Å². The smallest absolute Gasteiger partial charge is 0.314 e. The summed E-state index contributed by atoms with van der Waals surface area (Å²) in [7, 11) is 0. The number of hydrogen-bond donors (Lipinski definition) is 5. The van der Waals surface area contributed by atoms with Crippen LogP contribution in [0.2, 0.25) is 0 Å². The van der Waals surface area contributed by atoms with Gasteiger partial charge >= 0.3 is 11.9 Å². The minimum atomic E-state index is -1.40. The molecular formula is C20H21ClN4O6. The summed E-state index contributed by atoms with van der Waals surface area (Å²) in [6.45, 7) is 0. The third-order valence-corrected chi connectivity index (χ3v) is 4.82. The number of carbonyl (C=O) groups excluding carboxylic acids is 1. The van der Waals surface area contributed by atoms with Gasteiger partial charge in [0, 0.05) is 18.2 Å². The Morgan fingerprint density at radius 2 is 1.77 bits per heavy atom. The Kier molecular flexibility index (Phi) is 7.54. The Morgan fingerprint density at radius 1 is 1.10 bits per heavy atom. The molecule has 0 fully saturated rings. The highest BCUT2D eigenvalue weighted by Gasteiger charge is 2.27. The number of fused-ring (bicyclic) bond motifs is 1. The predicted molar refractivity (Wildman–Crippen MR) is 115 cm³/mol. The largest absolute Gasteiger partial charge is 0.481 e. The average Bonchev–Trinajstić information content (AvgIpc) is 3.09. The molecule has 6 N–H and O–H groups in total. The fraction of sp³-hybridized carbons (Fsp3) is 0.250.